The van der Waals surface area contributed by atoms with Gasteiger partial charge in [-0.05, 0) is 28.2 Å². The fourth-order valence-electron chi connectivity index (χ4n) is 3.39. The Morgan fingerprint density at radius 3 is 2.31 bits per heavy atom. The summed E-state index contributed by atoms with van der Waals surface area (Å²) < 4.78 is 5.48. The molecule has 0 atom stereocenters. The summed E-state index contributed by atoms with van der Waals surface area (Å²) in [6.45, 7) is 0.682. The maximum Gasteiger partial charge on any atom is 0.407 e. The number of carbonyl (C=O) groups excluding carboxylic acids is 1. The van der Waals surface area contributed by atoms with Crippen LogP contribution in [0.25, 0.3) is 11.1 Å². The first-order chi connectivity index (χ1) is 14.2. The number of aromatic nitrogens is 2. The molecule has 1 aliphatic rings. The average Bonchev–Trinajstić information content (AvgIpc) is 3.07. The SMILES string of the molecule is O=C(NCCC#Cc1ncc(Cl)cn1)OCC1c2ccccc2-c2ccccc21. The Bertz CT molecular complexity index is 1040. The number of hydrogen-bond acceptors (Lipinski definition) is 4. The quantitative estimate of drug-likeness (QED) is 0.517. The summed E-state index contributed by atoms with van der Waals surface area (Å²) in [4.78, 5) is 20.1. The molecule has 0 saturated heterocycles. The molecular weight excluding hydrogens is 386 g/mol. The lowest BCUT2D eigenvalue weighted by molar-refractivity contribution is 0.143. The highest BCUT2D eigenvalue weighted by Crippen LogP contribution is 2.44. The maximum absolute atomic E-state index is 12.1. The molecule has 3 aromatic rings. The number of amides is 1. The van der Waals surface area contributed by atoms with Crippen LogP contribution in [0, 0.1) is 11.8 Å². The molecule has 0 fully saturated rings. The van der Waals surface area contributed by atoms with Crippen LogP contribution in [0.2, 0.25) is 5.02 Å². The third-order valence-corrected chi connectivity index (χ3v) is 4.88. The molecule has 1 heterocycles. The van der Waals surface area contributed by atoms with Gasteiger partial charge in [0.05, 0.1) is 17.4 Å². The highest BCUT2D eigenvalue weighted by Gasteiger charge is 2.28. The van der Waals surface area contributed by atoms with E-state index in [1.165, 1.54) is 34.6 Å². The van der Waals surface area contributed by atoms with Gasteiger partial charge in [-0.1, -0.05) is 66.1 Å². The first kappa shape index (κ1) is 19.0. The van der Waals surface area contributed by atoms with Gasteiger partial charge in [0.15, 0.2) is 0 Å². The molecule has 1 N–H and O–H groups in total. The zero-order valence-electron chi connectivity index (χ0n) is 15.6. The smallest absolute Gasteiger partial charge is 0.407 e. The molecule has 0 bridgehead atoms. The Morgan fingerprint density at radius 2 is 1.66 bits per heavy atom. The van der Waals surface area contributed by atoms with E-state index in [1.807, 2.05) is 24.3 Å². The van der Waals surface area contributed by atoms with Crippen LogP contribution < -0.4 is 5.32 Å². The van der Waals surface area contributed by atoms with Crippen LogP contribution in [0.15, 0.2) is 60.9 Å². The van der Waals surface area contributed by atoms with E-state index in [4.69, 9.17) is 16.3 Å². The number of fused-ring (bicyclic) bond motifs is 3. The van der Waals surface area contributed by atoms with E-state index in [0.717, 1.165) is 0 Å². The zero-order valence-corrected chi connectivity index (χ0v) is 16.3. The van der Waals surface area contributed by atoms with E-state index in [9.17, 15) is 4.79 Å². The third-order valence-electron chi connectivity index (χ3n) is 4.68. The fraction of sp³-hybridized carbons (Fsp3) is 0.174. The monoisotopic (exact) mass is 403 g/mol. The topological polar surface area (TPSA) is 64.1 Å². The van der Waals surface area contributed by atoms with Crippen LogP contribution >= 0.6 is 11.6 Å². The molecule has 0 spiro atoms. The molecule has 0 saturated carbocycles. The molecule has 2 aromatic carbocycles. The van der Waals surface area contributed by atoms with E-state index < -0.39 is 6.09 Å². The molecule has 6 heteroatoms. The van der Waals surface area contributed by atoms with Crippen LogP contribution in [-0.2, 0) is 4.74 Å². The summed E-state index contributed by atoms with van der Waals surface area (Å²) in [5.74, 6) is 6.18. The standard InChI is InChI=1S/C23H18ClN3O2/c24-16-13-26-22(27-14-16)11-5-6-12-25-23(28)29-15-21-19-9-3-1-7-17(19)18-8-2-4-10-20(18)21/h1-4,7-10,13-14,21H,6,12,15H2,(H,25,28). The molecule has 0 unspecified atom stereocenters. The predicted octanol–water partition coefficient (Wildman–Crippen LogP) is 4.41. The summed E-state index contributed by atoms with van der Waals surface area (Å²) in [6.07, 6.45) is 3.01. The summed E-state index contributed by atoms with van der Waals surface area (Å²) in [5.41, 5.74) is 4.79. The molecule has 0 radical (unpaired) electrons. The molecular formula is C23H18ClN3O2. The van der Waals surface area contributed by atoms with E-state index in [2.05, 4.69) is 51.4 Å². The van der Waals surface area contributed by atoms with Gasteiger partial charge in [0.2, 0.25) is 5.82 Å². The number of rotatable bonds is 4. The molecule has 144 valence electrons. The van der Waals surface area contributed by atoms with Crippen LogP contribution in [0.4, 0.5) is 4.79 Å². The van der Waals surface area contributed by atoms with Crippen molar-refractivity contribution in [2.45, 2.75) is 12.3 Å². The highest BCUT2D eigenvalue weighted by molar-refractivity contribution is 6.30. The number of halogens is 1. The van der Waals surface area contributed by atoms with E-state index >= 15 is 0 Å². The number of nitrogens with zero attached hydrogens (tertiary/aromatic N) is 2. The summed E-state index contributed by atoms with van der Waals surface area (Å²) in [6, 6.07) is 16.5. The van der Waals surface area contributed by atoms with E-state index in [1.54, 1.807) is 0 Å². The Morgan fingerprint density at radius 1 is 1.03 bits per heavy atom. The Balaban J connectivity index is 1.29. The van der Waals surface area contributed by atoms with Gasteiger partial charge in [0.25, 0.3) is 0 Å². The van der Waals surface area contributed by atoms with E-state index in [-0.39, 0.29) is 5.92 Å². The second kappa shape index (κ2) is 8.76. The number of nitrogens with one attached hydrogen (secondary N) is 1. The van der Waals surface area contributed by atoms with Crippen molar-refractivity contribution in [1.82, 2.24) is 15.3 Å². The van der Waals surface area contributed by atoms with Gasteiger partial charge < -0.3 is 10.1 Å². The van der Waals surface area contributed by atoms with Crippen molar-refractivity contribution < 1.29 is 9.53 Å². The molecule has 1 aliphatic carbocycles. The van der Waals surface area contributed by atoms with Gasteiger partial charge in [0.1, 0.15) is 6.61 Å². The minimum Gasteiger partial charge on any atom is -0.449 e. The van der Waals surface area contributed by atoms with Crippen molar-refractivity contribution >= 4 is 17.7 Å². The first-order valence-electron chi connectivity index (χ1n) is 9.27. The zero-order chi connectivity index (χ0) is 20.1. The minimum atomic E-state index is -0.448. The second-order valence-corrected chi connectivity index (χ2v) is 6.97. The number of ether oxygens (including phenoxy) is 1. The molecule has 5 nitrogen and oxygen atoms in total. The van der Waals surface area contributed by atoms with Crippen molar-refractivity contribution in [3.63, 3.8) is 0 Å². The Labute approximate surface area is 174 Å². The first-order valence-corrected chi connectivity index (χ1v) is 9.65. The van der Waals surface area contributed by atoms with Crippen LogP contribution in [0.5, 0.6) is 0 Å². The molecule has 1 aromatic heterocycles. The van der Waals surface area contributed by atoms with Gasteiger partial charge in [-0.15, -0.1) is 0 Å². The Hall–Kier alpha value is -3.36. The second-order valence-electron chi connectivity index (χ2n) is 6.53. The van der Waals surface area contributed by atoms with E-state index in [0.29, 0.717) is 30.4 Å². The number of alkyl carbamates (subject to hydrolysis) is 1. The number of benzene rings is 2. The Kier molecular flexibility index (Phi) is 5.73. The lowest BCUT2D eigenvalue weighted by Gasteiger charge is -2.14. The minimum absolute atomic E-state index is 0.0509. The summed E-state index contributed by atoms with van der Waals surface area (Å²) >= 11 is 5.73. The third kappa shape index (κ3) is 4.39. The molecule has 4 rings (SSSR count). The number of carbonyl (C=O) groups is 1. The van der Waals surface area contributed by atoms with Gasteiger partial charge >= 0.3 is 6.09 Å². The normalized spacial score (nSPS) is 11.8. The van der Waals surface area contributed by atoms with Crippen molar-refractivity contribution in [2.75, 3.05) is 13.2 Å². The fourth-order valence-corrected chi connectivity index (χ4v) is 3.49. The van der Waals surface area contributed by atoms with Crippen molar-refractivity contribution in [3.8, 4) is 23.0 Å². The van der Waals surface area contributed by atoms with Gasteiger partial charge in [-0.25, -0.2) is 14.8 Å². The maximum atomic E-state index is 12.1. The molecule has 0 aliphatic heterocycles. The molecule has 29 heavy (non-hydrogen) atoms. The van der Waals surface area contributed by atoms with Gasteiger partial charge in [0, 0.05) is 18.9 Å². The van der Waals surface area contributed by atoms with Crippen molar-refractivity contribution in [3.05, 3.63) is 82.9 Å². The number of hydrogen-bond donors (Lipinski definition) is 1. The van der Waals surface area contributed by atoms with Crippen molar-refractivity contribution in [2.24, 2.45) is 0 Å². The van der Waals surface area contributed by atoms with Gasteiger partial charge in [-0.2, -0.15) is 0 Å². The predicted molar refractivity (Wildman–Crippen MR) is 112 cm³/mol. The average molecular weight is 404 g/mol. The highest BCUT2D eigenvalue weighted by atomic mass is 35.5. The van der Waals surface area contributed by atoms with Gasteiger partial charge in [-0.3, -0.25) is 0 Å². The summed E-state index contributed by atoms with van der Waals surface area (Å²) in [5, 5.41) is 3.19. The van der Waals surface area contributed by atoms with Crippen LogP contribution in [0.1, 0.15) is 29.3 Å². The largest absolute Gasteiger partial charge is 0.449 e. The van der Waals surface area contributed by atoms with Crippen LogP contribution in [0.3, 0.4) is 0 Å². The van der Waals surface area contributed by atoms with Crippen molar-refractivity contribution in [1.29, 1.82) is 0 Å². The molecule has 1 amide bonds. The lowest BCUT2D eigenvalue weighted by atomic mass is 9.98. The lowest BCUT2D eigenvalue weighted by Crippen LogP contribution is -2.26. The summed E-state index contributed by atoms with van der Waals surface area (Å²) in [7, 11) is 0. The van der Waals surface area contributed by atoms with Crippen LogP contribution in [-0.4, -0.2) is 29.2 Å².